The van der Waals surface area contributed by atoms with Crippen molar-refractivity contribution in [2.24, 2.45) is 0 Å². The molecule has 0 fully saturated rings. The van der Waals surface area contributed by atoms with Gasteiger partial charge in [-0.15, -0.1) is 12.6 Å². The van der Waals surface area contributed by atoms with E-state index >= 15 is 0 Å². The smallest absolute Gasteiger partial charge is 0.00399 e. The molecule has 8 heavy (non-hydrogen) atoms. The van der Waals surface area contributed by atoms with E-state index in [9.17, 15) is 0 Å². The Labute approximate surface area is 66.9 Å². The molecule has 0 amide bonds. The van der Waals surface area contributed by atoms with Crippen molar-refractivity contribution in [3.05, 3.63) is 30.3 Å². The Kier molecular flexibility index (Phi) is 4.17. The van der Waals surface area contributed by atoms with E-state index in [1.807, 2.05) is 30.3 Å². The van der Waals surface area contributed by atoms with Crippen LogP contribution < -0.4 is 0 Å². The zero-order valence-electron chi connectivity index (χ0n) is 4.83. The average Bonchev–Trinajstić information content (AvgIpc) is 1.69. The Morgan fingerprint density at radius 2 is 1.50 bits per heavy atom. The van der Waals surface area contributed by atoms with Crippen LogP contribution in [0.1, 0.15) is 0 Å². The number of rotatable bonds is 0. The molecule has 2 heteroatoms. The second-order valence-electron chi connectivity index (χ2n) is 1.34. The van der Waals surface area contributed by atoms with Gasteiger partial charge in [-0.05, 0) is 12.1 Å². The summed E-state index contributed by atoms with van der Waals surface area (Å²) >= 11 is 4.08. The molecule has 0 spiro atoms. The summed E-state index contributed by atoms with van der Waals surface area (Å²) in [5.74, 6) is 0. The predicted octanol–water partition coefficient (Wildman–Crippen LogP) is 1.59. The molecule has 0 aromatic heterocycles. The Morgan fingerprint density at radius 1 is 1.00 bits per heavy atom. The minimum Gasteiger partial charge on any atom is -0.143 e. The van der Waals surface area contributed by atoms with E-state index in [0.717, 1.165) is 4.90 Å². The molecule has 0 nitrogen and oxygen atoms in total. The minimum atomic E-state index is 0. The maximum Gasteiger partial charge on any atom is 0.00399 e. The third kappa shape index (κ3) is 2.47. The van der Waals surface area contributed by atoms with E-state index in [0.29, 0.717) is 0 Å². The molecule has 1 radical (unpaired) electrons. The van der Waals surface area contributed by atoms with E-state index in [1.165, 1.54) is 0 Å². The largest absolute Gasteiger partial charge is 0.143 e. The summed E-state index contributed by atoms with van der Waals surface area (Å²) in [5, 5.41) is 0. The van der Waals surface area contributed by atoms with Gasteiger partial charge in [-0.25, -0.2) is 0 Å². The molecule has 0 unspecified atom stereocenters. The molecular weight excluding hydrogens is 111 g/mol. The van der Waals surface area contributed by atoms with Gasteiger partial charge >= 0.3 is 0 Å². The van der Waals surface area contributed by atoms with Crippen molar-refractivity contribution >= 4 is 31.5 Å². The summed E-state index contributed by atoms with van der Waals surface area (Å²) in [6.07, 6.45) is 0. The Hall–Kier alpha value is 0.167. The van der Waals surface area contributed by atoms with Gasteiger partial charge in [0.15, 0.2) is 0 Å². The molecule has 0 saturated carbocycles. The molecule has 0 saturated heterocycles. The van der Waals surface area contributed by atoms with E-state index in [4.69, 9.17) is 0 Å². The molecule has 1 aromatic rings. The maximum absolute atomic E-state index is 4.08. The monoisotopic (exact) mass is 117 g/mol. The molecule has 0 heterocycles. The second-order valence-corrected chi connectivity index (χ2v) is 1.85. The van der Waals surface area contributed by atoms with Crippen LogP contribution in [0.3, 0.4) is 0 Å². The quantitative estimate of drug-likeness (QED) is 0.387. The fourth-order valence-electron chi connectivity index (χ4n) is 0.428. The predicted molar refractivity (Wildman–Crippen MR) is 39.4 cm³/mol. The van der Waals surface area contributed by atoms with Gasteiger partial charge in [0.05, 0.1) is 0 Å². The number of hydrogen-bond acceptors (Lipinski definition) is 1. The molecule has 0 aliphatic heterocycles. The normalized spacial score (nSPS) is 7.62. The first-order valence-electron chi connectivity index (χ1n) is 2.13. The van der Waals surface area contributed by atoms with Gasteiger partial charge in [0.25, 0.3) is 0 Å². The summed E-state index contributed by atoms with van der Waals surface area (Å²) in [6, 6.07) is 9.79. The molecule has 0 aliphatic rings. The Bertz CT molecular complexity index is 138. The number of thiol groups is 1. The van der Waals surface area contributed by atoms with Crippen LogP contribution in [-0.2, 0) is 0 Å². The average molecular weight is 117 g/mol. The molecule has 0 N–H and O–H groups in total. The third-order valence-corrected chi connectivity index (χ3v) is 1.05. The standard InChI is InChI=1S/C6H6S.Li/c7-6-4-2-1-3-5-6;/h1-5,7H;. The first-order valence-corrected chi connectivity index (χ1v) is 2.58. The minimum absolute atomic E-state index is 0. The van der Waals surface area contributed by atoms with Crippen LogP contribution in [0.2, 0.25) is 0 Å². The zero-order valence-corrected chi connectivity index (χ0v) is 5.73. The maximum atomic E-state index is 4.08. The summed E-state index contributed by atoms with van der Waals surface area (Å²) in [7, 11) is 0. The summed E-state index contributed by atoms with van der Waals surface area (Å²) in [4.78, 5) is 1.02. The zero-order chi connectivity index (χ0) is 5.11. The molecule has 0 bridgehead atoms. The third-order valence-electron chi connectivity index (χ3n) is 0.756. The van der Waals surface area contributed by atoms with E-state index in [-0.39, 0.29) is 18.9 Å². The Morgan fingerprint density at radius 3 is 1.75 bits per heavy atom. The van der Waals surface area contributed by atoms with Gasteiger partial charge in [0.1, 0.15) is 0 Å². The van der Waals surface area contributed by atoms with Crippen molar-refractivity contribution < 1.29 is 0 Å². The van der Waals surface area contributed by atoms with Crippen LogP contribution in [0.15, 0.2) is 35.2 Å². The van der Waals surface area contributed by atoms with Crippen LogP contribution in [0, 0.1) is 0 Å². The first kappa shape index (κ1) is 8.17. The van der Waals surface area contributed by atoms with Crippen molar-refractivity contribution in [2.45, 2.75) is 4.90 Å². The van der Waals surface area contributed by atoms with Gasteiger partial charge in [0, 0.05) is 23.8 Å². The van der Waals surface area contributed by atoms with Gasteiger partial charge in [-0.1, -0.05) is 18.2 Å². The molecule has 0 aliphatic carbocycles. The molecular formula is C6H6LiS. The first-order chi connectivity index (χ1) is 3.39. The molecule has 37 valence electrons. The van der Waals surface area contributed by atoms with Crippen LogP contribution in [0.4, 0.5) is 0 Å². The Balaban J connectivity index is 0.000000490. The number of benzene rings is 1. The summed E-state index contributed by atoms with van der Waals surface area (Å²) < 4.78 is 0. The van der Waals surface area contributed by atoms with Crippen molar-refractivity contribution in [2.75, 3.05) is 0 Å². The van der Waals surface area contributed by atoms with Gasteiger partial charge in [0.2, 0.25) is 0 Å². The number of hydrogen-bond donors (Lipinski definition) is 1. The van der Waals surface area contributed by atoms with Crippen molar-refractivity contribution in [1.82, 2.24) is 0 Å². The van der Waals surface area contributed by atoms with E-state index < -0.39 is 0 Å². The van der Waals surface area contributed by atoms with Crippen LogP contribution >= 0.6 is 12.6 Å². The topological polar surface area (TPSA) is 0 Å². The van der Waals surface area contributed by atoms with Crippen LogP contribution in [-0.4, -0.2) is 18.9 Å². The van der Waals surface area contributed by atoms with E-state index in [2.05, 4.69) is 12.6 Å². The SMILES string of the molecule is Sc1ccccc1.[Li]. The second kappa shape index (κ2) is 4.09. The summed E-state index contributed by atoms with van der Waals surface area (Å²) in [5.41, 5.74) is 0. The summed E-state index contributed by atoms with van der Waals surface area (Å²) in [6.45, 7) is 0. The van der Waals surface area contributed by atoms with Gasteiger partial charge < -0.3 is 0 Å². The molecule has 1 rings (SSSR count). The fourth-order valence-corrected chi connectivity index (χ4v) is 0.600. The molecule has 1 aromatic carbocycles. The van der Waals surface area contributed by atoms with E-state index in [1.54, 1.807) is 0 Å². The van der Waals surface area contributed by atoms with Crippen LogP contribution in [0.5, 0.6) is 0 Å². The van der Waals surface area contributed by atoms with Crippen molar-refractivity contribution in [1.29, 1.82) is 0 Å². The molecule has 0 atom stereocenters. The van der Waals surface area contributed by atoms with Gasteiger partial charge in [-0.3, -0.25) is 0 Å². The van der Waals surface area contributed by atoms with Gasteiger partial charge in [-0.2, -0.15) is 0 Å². The van der Waals surface area contributed by atoms with Crippen LogP contribution in [0.25, 0.3) is 0 Å². The fraction of sp³-hybridized carbons (Fsp3) is 0. The van der Waals surface area contributed by atoms with Crippen molar-refractivity contribution in [3.63, 3.8) is 0 Å². The van der Waals surface area contributed by atoms with Crippen molar-refractivity contribution in [3.8, 4) is 0 Å².